The maximum Gasteiger partial charge on any atom is 0.316 e. The van der Waals surface area contributed by atoms with Crippen LogP contribution in [0.25, 0.3) is 0 Å². The highest BCUT2D eigenvalue weighted by Crippen LogP contribution is 2.09. The third-order valence-electron chi connectivity index (χ3n) is 2.05. The van der Waals surface area contributed by atoms with Gasteiger partial charge in [0.05, 0.1) is 6.61 Å². The molecule has 0 aliphatic heterocycles. The molecular formula is C11H19N5O2. The second-order valence-electron chi connectivity index (χ2n) is 3.73. The Bertz CT molecular complexity index is 383. The van der Waals surface area contributed by atoms with E-state index in [0.717, 1.165) is 0 Å². The highest BCUT2D eigenvalue weighted by Gasteiger charge is 2.01. The molecule has 0 aliphatic rings. The first kappa shape index (κ1) is 14.0. The zero-order chi connectivity index (χ0) is 13.4. The van der Waals surface area contributed by atoms with E-state index in [9.17, 15) is 4.79 Å². The van der Waals surface area contributed by atoms with Crippen LogP contribution >= 0.6 is 0 Å². The number of hydrogen-bond donors (Lipinski definition) is 2. The quantitative estimate of drug-likeness (QED) is 0.724. The molecule has 7 nitrogen and oxygen atoms in total. The average Bonchev–Trinajstić information content (AvgIpc) is 2.35. The van der Waals surface area contributed by atoms with Gasteiger partial charge in [-0.2, -0.15) is 0 Å². The molecule has 1 heterocycles. The number of rotatable bonds is 6. The first-order valence-electron chi connectivity index (χ1n) is 5.77. The Hall–Kier alpha value is -2.05. The van der Waals surface area contributed by atoms with Crippen molar-refractivity contribution in [2.45, 2.75) is 6.92 Å². The molecule has 0 spiro atoms. The second kappa shape index (κ2) is 7.31. The Labute approximate surface area is 107 Å². The predicted molar refractivity (Wildman–Crippen MR) is 68.8 cm³/mol. The summed E-state index contributed by atoms with van der Waals surface area (Å²) in [6, 6.07) is 1.60. The van der Waals surface area contributed by atoms with Gasteiger partial charge in [0.2, 0.25) is 5.88 Å². The summed E-state index contributed by atoms with van der Waals surface area (Å²) in [5.74, 6) is 1.21. The van der Waals surface area contributed by atoms with Gasteiger partial charge < -0.3 is 20.3 Å². The monoisotopic (exact) mass is 253 g/mol. The summed E-state index contributed by atoms with van der Waals surface area (Å²) in [6.45, 7) is 3.56. The lowest BCUT2D eigenvalue weighted by Gasteiger charge is -2.12. The number of hydrogen-bond acceptors (Lipinski definition) is 5. The van der Waals surface area contributed by atoms with Crippen molar-refractivity contribution in [3.8, 4) is 5.88 Å². The SMILES string of the molecule is CCOc1cc(NCCNC(=O)N(C)C)ncn1. The summed E-state index contributed by atoms with van der Waals surface area (Å²) in [7, 11) is 3.39. The minimum absolute atomic E-state index is 0.116. The van der Waals surface area contributed by atoms with Crippen molar-refractivity contribution >= 4 is 11.8 Å². The van der Waals surface area contributed by atoms with Gasteiger partial charge in [-0.3, -0.25) is 0 Å². The molecule has 2 amide bonds. The lowest BCUT2D eigenvalue weighted by molar-refractivity contribution is 0.218. The van der Waals surface area contributed by atoms with Gasteiger partial charge >= 0.3 is 6.03 Å². The third-order valence-corrected chi connectivity index (χ3v) is 2.05. The maximum absolute atomic E-state index is 11.2. The number of urea groups is 1. The molecule has 0 bridgehead atoms. The minimum Gasteiger partial charge on any atom is -0.478 e. The molecule has 1 aromatic heterocycles. The van der Waals surface area contributed by atoms with Crippen molar-refractivity contribution in [1.29, 1.82) is 0 Å². The molecule has 7 heteroatoms. The fraction of sp³-hybridized carbons (Fsp3) is 0.545. The Morgan fingerprint density at radius 1 is 1.39 bits per heavy atom. The molecule has 0 atom stereocenters. The third kappa shape index (κ3) is 4.86. The molecule has 0 radical (unpaired) electrons. The number of carbonyl (C=O) groups is 1. The van der Waals surface area contributed by atoms with Crippen LogP contribution in [0.15, 0.2) is 12.4 Å². The number of nitrogens with one attached hydrogen (secondary N) is 2. The zero-order valence-electron chi connectivity index (χ0n) is 10.9. The number of nitrogens with zero attached hydrogens (tertiary/aromatic N) is 3. The van der Waals surface area contributed by atoms with E-state index in [2.05, 4.69) is 20.6 Å². The Morgan fingerprint density at radius 3 is 2.83 bits per heavy atom. The van der Waals surface area contributed by atoms with E-state index in [1.807, 2.05) is 6.92 Å². The predicted octanol–water partition coefficient (Wildman–Crippen LogP) is 0.558. The van der Waals surface area contributed by atoms with Crippen LogP contribution < -0.4 is 15.4 Å². The van der Waals surface area contributed by atoms with Crippen LogP contribution in [0.4, 0.5) is 10.6 Å². The maximum atomic E-state index is 11.2. The van der Waals surface area contributed by atoms with Crippen molar-refractivity contribution in [2.75, 3.05) is 39.1 Å². The summed E-state index contributed by atoms with van der Waals surface area (Å²) in [6.07, 6.45) is 1.44. The summed E-state index contributed by atoms with van der Waals surface area (Å²) >= 11 is 0. The topological polar surface area (TPSA) is 79.4 Å². The van der Waals surface area contributed by atoms with Crippen LogP contribution in [0, 0.1) is 0 Å². The zero-order valence-corrected chi connectivity index (χ0v) is 10.9. The van der Waals surface area contributed by atoms with Crippen LogP contribution in [-0.2, 0) is 0 Å². The van der Waals surface area contributed by atoms with Gasteiger partial charge in [0.1, 0.15) is 12.1 Å². The van der Waals surface area contributed by atoms with Gasteiger partial charge in [-0.1, -0.05) is 0 Å². The molecule has 0 saturated heterocycles. The Kier molecular flexibility index (Phi) is 5.69. The van der Waals surface area contributed by atoms with E-state index < -0.39 is 0 Å². The molecule has 0 saturated carbocycles. The van der Waals surface area contributed by atoms with Crippen LogP contribution in [-0.4, -0.2) is 54.7 Å². The van der Waals surface area contributed by atoms with Crippen molar-refractivity contribution in [1.82, 2.24) is 20.2 Å². The normalized spacial score (nSPS) is 9.72. The number of ether oxygens (including phenoxy) is 1. The number of amides is 2. The van der Waals surface area contributed by atoms with E-state index >= 15 is 0 Å². The van der Waals surface area contributed by atoms with E-state index in [-0.39, 0.29) is 6.03 Å². The van der Waals surface area contributed by atoms with E-state index in [0.29, 0.717) is 31.4 Å². The largest absolute Gasteiger partial charge is 0.478 e. The smallest absolute Gasteiger partial charge is 0.316 e. The van der Waals surface area contributed by atoms with Crippen LogP contribution in [0.1, 0.15) is 6.92 Å². The van der Waals surface area contributed by atoms with Crippen LogP contribution in [0.3, 0.4) is 0 Å². The van der Waals surface area contributed by atoms with E-state index in [1.54, 1.807) is 20.2 Å². The first-order valence-corrected chi connectivity index (χ1v) is 5.77. The first-order chi connectivity index (χ1) is 8.63. The Morgan fingerprint density at radius 2 is 2.17 bits per heavy atom. The number of aromatic nitrogens is 2. The summed E-state index contributed by atoms with van der Waals surface area (Å²) in [5.41, 5.74) is 0. The molecule has 1 rings (SSSR count). The van der Waals surface area contributed by atoms with Gasteiger partial charge in [0.15, 0.2) is 0 Å². The van der Waals surface area contributed by atoms with E-state index in [4.69, 9.17) is 4.74 Å². The fourth-order valence-electron chi connectivity index (χ4n) is 1.18. The summed E-state index contributed by atoms with van der Waals surface area (Å²) in [5, 5.41) is 5.82. The summed E-state index contributed by atoms with van der Waals surface area (Å²) in [4.78, 5) is 20.7. The highest BCUT2D eigenvalue weighted by molar-refractivity contribution is 5.73. The van der Waals surface area contributed by atoms with Gasteiger partial charge in [-0.05, 0) is 6.92 Å². The molecule has 0 unspecified atom stereocenters. The van der Waals surface area contributed by atoms with Crippen LogP contribution in [0.2, 0.25) is 0 Å². The molecule has 100 valence electrons. The number of carbonyl (C=O) groups excluding carboxylic acids is 1. The lowest BCUT2D eigenvalue weighted by atomic mass is 10.5. The minimum atomic E-state index is -0.116. The molecular weight excluding hydrogens is 234 g/mol. The average molecular weight is 253 g/mol. The number of anilines is 1. The molecule has 1 aromatic rings. The van der Waals surface area contributed by atoms with Crippen molar-refractivity contribution in [3.63, 3.8) is 0 Å². The van der Waals surface area contributed by atoms with Crippen molar-refractivity contribution < 1.29 is 9.53 Å². The van der Waals surface area contributed by atoms with Gasteiger partial charge in [0, 0.05) is 33.3 Å². The van der Waals surface area contributed by atoms with Crippen molar-refractivity contribution in [2.24, 2.45) is 0 Å². The molecule has 0 aliphatic carbocycles. The van der Waals surface area contributed by atoms with Gasteiger partial charge in [-0.25, -0.2) is 14.8 Å². The molecule has 0 aromatic carbocycles. The van der Waals surface area contributed by atoms with E-state index in [1.165, 1.54) is 11.2 Å². The van der Waals surface area contributed by atoms with Crippen molar-refractivity contribution in [3.05, 3.63) is 12.4 Å². The molecule has 2 N–H and O–H groups in total. The van der Waals surface area contributed by atoms with Gasteiger partial charge in [0.25, 0.3) is 0 Å². The fourth-order valence-corrected chi connectivity index (χ4v) is 1.18. The van der Waals surface area contributed by atoms with Crippen LogP contribution in [0.5, 0.6) is 5.88 Å². The molecule has 18 heavy (non-hydrogen) atoms. The molecule has 0 fully saturated rings. The second-order valence-corrected chi connectivity index (χ2v) is 3.73. The highest BCUT2D eigenvalue weighted by atomic mass is 16.5. The van der Waals surface area contributed by atoms with Gasteiger partial charge in [-0.15, -0.1) is 0 Å². The Balaban J connectivity index is 2.30. The summed E-state index contributed by atoms with van der Waals surface area (Å²) < 4.78 is 5.25. The standard InChI is InChI=1S/C11H19N5O2/c1-4-18-10-7-9(14-8-15-10)12-5-6-13-11(17)16(2)3/h7-8H,4-6H2,1-3H3,(H,13,17)(H,12,14,15). The lowest BCUT2D eigenvalue weighted by Crippen LogP contribution is -2.37.